The van der Waals surface area contributed by atoms with E-state index in [9.17, 15) is 14.9 Å². The first-order valence-corrected chi connectivity index (χ1v) is 5.60. The summed E-state index contributed by atoms with van der Waals surface area (Å²) in [7, 11) is 0. The standard InChI is InChI=1S/C11H12ClNO4/c12-7-9(13(16)17)6-5-8-3-1-2-4-10(8)11(14)15/h1-4,9H,5-7H2,(H,14,15). The second-order valence-electron chi connectivity index (χ2n) is 3.59. The minimum atomic E-state index is -1.02. The Kier molecular flexibility index (Phi) is 4.90. The number of carboxylic acid groups (broad SMARTS) is 1. The van der Waals surface area contributed by atoms with E-state index in [2.05, 4.69) is 0 Å². The molecular weight excluding hydrogens is 246 g/mol. The average Bonchev–Trinajstić information content (AvgIpc) is 2.29. The van der Waals surface area contributed by atoms with Gasteiger partial charge in [0.25, 0.3) is 0 Å². The fourth-order valence-electron chi connectivity index (χ4n) is 1.51. The highest BCUT2D eigenvalue weighted by atomic mass is 35.5. The molecule has 92 valence electrons. The van der Waals surface area contributed by atoms with Crippen LogP contribution in [0.2, 0.25) is 0 Å². The van der Waals surface area contributed by atoms with Crippen LogP contribution in [0.5, 0.6) is 0 Å². The monoisotopic (exact) mass is 257 g/mol. The lowest BCUT2D eigenvalue weighted by molar-refractivity contribution is -0.517. The maximum atomic E-state index is 10.9. The van der Waals surface area contributed by atoms with Gasteiger partial charge in [-0.15, -0.1) is 11.6 Å². The molecule has 5 nitrogen and oxygen atoms in total. The fraction of sp³-hybridized carbons (Fsp3) is 0.364. The summed E-state index contributed by atoms with van der Waals surface area (Å²) in [6.45, 7) is 0. The Bertz CT molecular complexity index is 422. The second-order valence-corrected chi connectivity index (χ2v) is 3.90. The van der Waals surface area contributed by atoms with Gasteiger partial charge in [-0.1, -0.05) is 18.2 Å². The van der Waals surface area contributed by atoms with Crippen LogP contribution in [0.4, 0.5) is 0 Å². The van der Waals surface area contributed by atoms with Crippen LogP contribution in [0.15, 0.2) is 24.3 Å². The van der Waals surface area contributed by atoms with Crippen LogP contribution in [0.1, 0.15) is 22.3 Å². The van der Waals surface area contributed by atoms with Crippen LogP contribution in [0, 0.1) is 10.1 Å². The topological polar surface area (TPSA) is 80.4 Å². The lowest BCUT2D eigenvalue weighted by Gasteiger charge is -2.08. The van der Waals surface area contributed by atoms with E-state index in [-0.39, 0.29) is 17.9 Å². The van der Waals surface area contributed by atoms with Crippen molar-refractivity contribution < 1.29 is 14.8 Å². The third-order valence-electron chi connectivity index (χ3n) is 2.47. The maximum absolute atomic E-state index is 10.9. The van der Waals surface area contributed by atoms with Crippen molar-refractivity contribution in [3.63, 3.8) is 0 Å². The van der Waals surface area contributed by atoms with E-state index in [0.717, 1.165) is 0 Å². The van der Waals surface area contributed by atoms with Crippen LogP contribution in [0.3, 0.4) is 0 Å². The van der Waals surface area contributed by atoms with Gasteiger partial charge in [-0.05, 0) is 18.1 Å². The van der Waals surface area contributed by atoms with Crippen LogP contribution < -0.4 is 0 Å². The van der Waals surface area contributed by atoms with Gasteiger partial charge in [-0.3, -0.25) is 10.1 Å². The number of halogens is 1. The summed E-state index contributed by atoms with van der Waals surface area (Å²) < 4.78 is 0. The quantitative estimate of drug-likeness (QED) is 0.481. The van der Waals surface area contributed by atoms with E-state index in [0.29, 0.717) is 12.0 Å². The number of aromatic carboxylic acids is 1. The van der Waals surface area contributed by atoms with E-state index in [1.54, 1.807) is 18.2 Å². The summed E-state index contributed by atoms with van der Waals surface area (Å²) in [5.41, 5.74) is 0.779. The number of hydrogen-bond donors (Lipinski definition) is 1. The molecule has 0 heterocycles. The molecule has 0 aliphatic heterocycles. The predicted molar refractivity (Wildman–Crippen MR) is 63.2 cm³/mol. The molecule has 1 aromatic carbocycles. The molecule has 0 radical (unpaired) electrons. The van der Waals surface area contributed by atoms with Gasteiger partial charge in [-0.2, -0.15) is 0 Å². The van der Waals surface area contributed by atoms with Crippen molar-refractivity contribution in [1.82, 2.24) is 0 Å². The highest BCUT2D eigenvalue weighted by Gasteiger charge is 2.19. The number of carboxylic acids is 1. The Labute approximate surface area is 103 Å². The lowest BCUT2D eigenvalue weighted by atomic mass is 10.0. The predicted octanol–water partition coefficient (Wildman–Crippen LogP) is 2.20. The summed E-state index contributed by atoms with van der Waals surface area (Å²) in [5.74, 6) is -1.09. The summed E-state index contributed by atoms with van der Waals surface area (Å²) in [4.78, 5) is 21.1. The molecule has 1 atom stereocenters. The van der Waals surface area contributed by atoms with Crippen LogP contribution in [-0.2, 0) is 6.42 Å². The van der Waals surface area contributed by atoms with Gasteiger partial charge >= 0.3 is 5.97 Å². The van der Waals surface area contributed by atoms with Crippen molar-refractivity contribution in [2.45, 2.75) is 18.9 Å². The van der Waals surface area contributed by atoms with Gasteiger partial charge in [-0.25, -0.2) is 4.79 Å². The first-order chi connectivity index (χ1) is 8.06. The Morgan fingerprint density at radius 3 is 2.65 bits per heavy atom. The summed E-state index contributed by atoms with van der Waals surface area (Å²) in [6.07, 6.45) is 0.571. The van der Waals surface area contributed by atoms with E-state index in [4.69, 9.17) is 16.7 Å². The van der Waals surface area contributed by atoms with Crippen LogP contribution in [-0.4, -0.2) is 27.9 Å². The molecule has 0 aliphatic rings. The van der Waals surface area contributed by atoms with Gasteiger partial charge in [0.15, 0.2) is 0 Å². The average molecular weight is 258 g/mol. The van der Waals surface area contributed by atoms with E-state index in [1.807, 2.05) is 0 Å². The number of benzene rings is 1. The van der Waals surface area contributed by atoms with Gasteiger partial charge in [0.05, 0.1) is 11.4 Å². The molecule has 0 fully saturated rings. The number of nitrogens with zero attached hydrogens (tertiary/aromatic N) is 1. The Morgan fingerprint density at radius 2 is 2.12 bits per heavy atom. The number of carbonyl (C=O) groups is 1. The fourth-order valence-corrected chi connectivity index (χ4v) is 1.77. The molecule has 0 saturated heterocycles. The van der Waals surface area contributed by atoms with Gasteiger partial charge in [0.2, 0.25) is 6.04 Å². The smallest absolute Gasteiger partial charge is 0.335 e. The SMILES string of the molecule is O=C(O)c1ccccc1CCC(CCl)[N+](=O)[O-]. The maximum Gasteiger partial charge on any atom is 0.335 e. The molecule has 0 amide bonds. The molecule has 0 aromatic heterocycles. The molecule has 1 aromatic rings. The number of rotatable bonds is 6. The molecule has 1 unspecified atom stereocenters. The molecule has 17 heavy (non-hydrogen) atoms. The zero-order valence-corrected chi connectivity index (χ0v) is 9.76. The Balaban J connectivity index is 2.75. The minimum absolute atomic E-state index is 0.0672. The first-order valence-electron chi connectivity index (χ1n) is 5.07. The second kappa shape index (κ2) is 6.20. The number of alkyl halides is 1. The number of aryl methyl sites for hydroxylation is 1. The van der Waals surface area contributed by atoms with Crippen LogP contribution >= 0.6 is 11.6 Å². The van der Waals surface area contributed by atoms with Crippen molar-refractivity contribution in [2.75, 3.05) is 5.88 Å². The van der Waals surface area contributed by atoms with Crippen molar-refractivity contribution >= 4 is 17.6 Å². The third-order valence-corrected chi connectivity index (χ3v) is 2.83. The summed E-state index contributed by atoms with van der Waals surface area (Å²) in [5, 5.41) is 19.5. The minimum Gasteiger partial charge on any atom is -0.478 e. The highest BCUT2D eigenvalue weighted by Crippen LogP contribution is 2.13. The van der Waals surface area contributed by atoms with Gasteiger partial charge < -0.3 is 5.11 Å². The molecule has 0 saturated carbocycles. The molecule has 0 aliphatic carbocycles. The van der Waals surface area contributed by atoms with Crippen molar-refractivity contribution in [1.29, 1.82) is 0 Å². The molecule has 1 rings (SSSR count). The van der Waals surface area contributed by atoms with Gasteiger partial charge in [0, 0.05) is 11.3 Å². The molecule has 6 heteroatoms. The van der Waals surface area contributed by atoms with Crippen molar-refractivity contribution in [2.24, 2.45) is 0 Å². The normalized spacial score (nSPS) is 12.1. The van der Waals surface area contributed by atoms with E-state index >= 15 is 0 Å². The van der Waals surface area contributed by atoms with E-state index in [1.165, 1.54) is 6.07 Å². The van der Waals surface area contributed by atoms with Crippen LogP contribution in [0.25, 0.3) is 0 Å². The lowest BCUT2D eigenvalue weighted by Crippen LogP contribution is -2.22. The summed E-state index contributed by atoms with van der Waals surface area (Å²) >= 11 is 5.47. The largest absolute Gasteiger partial charge is 0.478 e. The van der Waals surface area contributed by atoms with Crippen molar-refractivity contribution in [3.05, 3.63) is 45.5 Å². The van der Waals surface area contributed by atoms with Crippen molar-refractivity contribution in [3.8, 4) is 0 Å². The highest BCUT2D eigenvalue weighted by molar-refractivity contribution is 6.18. The Hall–Kier alpha value is -1.62. The number of hydrogen-bond acceptors (Lipinski definition) is 3. The molecule has 0 bridgehead atoms. The number of nitro groups is 1. The zero-order valence-electron chi connectivity index (χ0n) is 9.01. The Morgan fingerprint density at radius 1 is 1.47 bits per heavy atom. The molecule has 0 spiro atoms. The summed E-state index contributed by atoms with van der Waals surface area (Å²) in [6, 6.07) is 5.65. The third kappa shape index (κ3) is 3.71. The molecule has 1 N–H and O–H groups in total. The molecular formula is C11H12ClNO4. The first kappa shape index (κ1) is 13.4. The van der Waals surface area contributed by atoms with E-state index < -0.39 is 16.9 Å². The zero-order chi connectivity index (χ0) is 12.8. The van der Waals surface area contributed by atoms with Gasteiger partial charge in [0.1, 0.15) is 0 Å².